The molecule has 3 heteroatoms. The highest BCUT2D eigenvalue weighted by Crippen LogP contribution is 2.57. The van der Waals surface area contributed by atoms with Crippen molar-refractivity contribution in [1.29, 1.82) is 0 Å². The first kappa shape index (κ1) is 39.3. The zero-order valence-electron chi connectivity index (χ0n) is 36.7. The lowest BCUT2D eigenvalue weighted by molar-refractivity contribution is 0.0745. The molecule has 2 nitrogen and oxygen atoms in total. The summed E-state index contributed by atoms with van der Waals surface area (Å²) in [6.45, 7) is 11.9. The van der Waals surface area contributed by atoms with Gasteiger partial charge in [-0.2, -0.15) is 0 Å². The van der Waals surface area contributed by atoms with Crippen LogP contribution in [0.1, 0.15) is 110 Å². The van der Waals surface area contributed by atoms with Crippen LogP contribution in [0.5, 0.6) is 0 Å². The van der Waals surface area contributed by atoms with Crippen LogP contribution in [-0.4, -0.2) is 38.3 Å². The largest absolute Gasteiger partial charge is 0.365 e. The summed E-state index contributed by atoms with van der Waals surface area (Å²) < 4.78 is 7.15. The van der Waals surface area contributed by atoms with Gasteiger partial charge in [0.1, 0.15) is 0 Å². The maximum Gasteiger partial charge on any atom is 0.0874 e. The van der Waals surface area contributed by atoms with Crippen molar-refractivity contribution in [3.8, 4) is 0 Å². The highest BCUT2D eigenvalue weighted by Gasteiger charge is 2.52. The molecule has 3 aromatic carbocycles. The summed E-state index contributed by atoms with van der Waals surface area (Å²) in [5.74, 6) is 2.53. The van der Waals surface area contributed by atoms with E-state index in [1.807, 2.05) is 0 Å². The molecule has 308 valence electrons. The van der Waals surface area contributed by atoms with Crippen LogP contribution in [0.25, 0.3) is 11.1 Å². The Labute approximate surface area is 367 Å². The number of rotatable bonds is 10. The first-order valence-corrected chi connectivity index (χ1v) is 25.0. The monoisotopic (exact) mass is 815 g/mol. The molecule has 3 aromatic rings. The molecule has 0 N–H and O–H groups in total. The predicted octanol–water partition coefficient (Wildman–Crippen LogP) is 13.4. The fraction of sp³-hybridized carbons (Fsp3) is 0.379. The van der Waals surface area contributed by atoms with Crippen LogP contribution in [0.2, 0.25) is 6.55 Å². The van der Waals surface area contributed by atoms with Crippen molar-refractivity contribution in [2.75, 3.05) is 0 Å². The van der Waals surface area contributed by atoms with E-state index in [1.54, 1.807) is 22.3 Å². The van der Waals surface area contributed by atoms with Gasteiger partial charge in [0.15, 0.2) is 0 Å². The van der Waals surface area contributed by atoms with Gasteiger partial charge in [0.25, 0.3) is 0 Å². The van der Waals surface area contributed by atoms with E-state index < -0.39 is 0 Å². The van der Waals surface area contributed by atoms with Crippen LogP contribution in [-0.2, 0) is 11.2 Å². The summed E-state index contributed by atoms with van der Waals surface area (Å²) in [6.07, 6.45) is 36.0. The quantitative estimate of drug-likeness (QED) is 0.149. The van der Waals surface area contributed by atoms with Gasteiger partial charge < -0.3 is 4.74 Å². The van der Waals surface area contributed by atoms with E-state index in [1.165, 1.54) is 56.5 Å². The Kier molecular flexibility index (Phi) is 10.3. The Morgan fingerprint density at radius 3 is 2.54 bits per heavy atom. The molecule has 8 aliphatic rings. The molecule has 5 aliphatic carbocycles. The second-order valence-corrected chi connectivity index (χ2v) is 20.8. The number of fused-ring (bicyclic) bond motifs is 10. The maximum atomic E-state index is 7.15. The average Bonchev–Trinajstić information content (AvgIpc) is 3.81. The molecule has 3 heterocycles. The second kappa shape index (κ2) is 16.0. The minimum absolute atomic E-state index is 0.0868. The fourth-order valence-electron chi connectivity index (χ4n) is 12.8. The lowest BCUT2D eigenvalue weighted by atomic mass is 9.64. The number of aryl methyl sites for hydroxylation is 1. The van der Waals surface area contributed by atoms with E-state index in [9.17, 15) is 0 Å². The Hall–Kier alpha value is -4.54. The number of benzene rings is 3. The van der Waals surface area contributed by atoms with Gasteiger partial charge in [0, 0.05) is 35.4 Å². The molecule has 9 unspecified atom stereocenters. The minimum atomic E-state index is 0.0868. The Morgan fingerprint density at radius 2 is 1.69 bits per heavy atom. The van der Waals surface area contributed by atoms with E-state index in [0.717, 1.165) is 41.6 Å². The third-order valence-corrected chi connectivity index (χ3v) is 16.7. The molecule has 2 radical (unpaired) electrons. The number of nitrogens with zero attached hydrogens (tertiary/aromatic N) is 1. The van der Waals surface area contributed by atoms with E-state index in [4.69, 9.17) is 4.74 Å². The molecular formula is C58H61NOSi. The normalized spacial score (nSPS) is 31.6. The van der Waals surface area contributed by atoms with Gasteiger partial charge in [0.2, 0.25) is 0 Å². The third kappa shape index (κ3) is 6.82. The highest BCUT2D eigenvalue weighted by atomic mass is 28.2. The molecule has 0 amide bonds. The van der Waals surface area contributed by atoms with E-state index in [0.29, 0.717) is 47.3 Å². The molecule has 1 saturated heterocycles. The fourth-order valence-corrected chi connectivity index (χ4v) is 14.0. The van der Waals surface area contributed by atoms with Crippen molar-refractivity contribution in [1.82, 2.24) is 4.90 Å². The van der Waals surface area contributed by atoms with Gasteiger partial charge in [-0.1, -0.05) is 177 Å². The van der Waals surface area contributed by atoms with E-state index in [2.05, 4.69) is 179 Å². The molecule has 61 heavy (non-hydrogen) atoms. The molecule has 11 rings (SSSR count). The van der Waals surface area contributed by atoms with Crippen LogP contribution >= 0.6 is 0 Å². The zero-order chi connectivity index (χ0) is 41.4. The number of hydrogen-bond acceptors (Lipinski definition) is 2. The number of ether oxygens (including phenoxy) is 1. The lowest BCUT2D eigenvalue weighted by Gasteiger charge is -2.53. The van der Waals surface area contributed by atoms with Crippen molar-refractivity contribution >= 4 is 20.7 Å². The predicted molar refractivity (Wildman–Crippen MR) is 255 cm³/mol. The third-order valence-electron chi connectivity index (χ3n) is 15.4. The van der Waals surface area contributed by atoms with E-state index in [-0.39, 0.29) is 18.1 Å². The summed E-state index contributed by atoms with van der Waals surface area (Å²) in [6, 6.07) is 27.0. The summed E-state index contributed by atoms with van der Waals surface area (Å²) in [5, 5.41) is 0. The Bertz CT molecular complexity index is 2530. The molecule has 3 aliphatic heterocycles. The van der Waals surface area contributed by atoms with Gasteiger partial charge in [-0.3, -0.25) is 4.90 Å². The van der Waals surface area contributed by atoms with Crippen LogP contribution in [0.4, 0.5) is 0 Å². The van der Waals surface area contributed by atoms with Crippen molar-refractivity contribution in [3.63, 3.8) is 0 Å². The van der Waals surface area contributed by atoms with Crippen molar-refractivity contribution < 1.29 is 4.74 Å². The first-order valence-electron chi connectivity index (χ1n) is 23.5. The highest BCUT2D eigenvalue weighted by molar-refractivity contribution is 6.37. The standard InChI is InChI=1S/C58H61NOSi/c1-35(2)28-43-34-53-50-29-36(3)22-25-47(50)52-32-41(56(52)59(53)58(43)61-5)24-27-46-45-19-10-9-18-44(45)42(31-38-14-13-17-40(30-38)39-15-7-6-8-16-39)33-51(46)55-37(4)23-26-49-48-20-11-12-21-54(48)60-57(49)55/h7,9-23,25-26,29-30,32-35,46,48-49,51-54,56-58H,6,8,24,27-28,31H2,1-5H3/t46?,48?,49?,51?,52?,53?,54-,56?,57?,58?/m0/s1. The molecular weight excluding hydrogens is 755 g/mol. The molecule has 0 saturated carbocycles. The van der Waals surface area contributed by atoms with E-state index >= 15 is 0 Å². The van der Waals surface area contributed by atoms with Crippen molar-refractivity contribution in [2.24, 2.45) is 23.7 Å². The Balaban J connectivity index is 0.965. The molecule has 0 aromatic heterocycles. The van der Waals surface area contributed by atoms with Crippen molar-refractivity contribution in [2.45, 2.75) is 115 Å². The van der Waals surface area contributed by atoms with Gasteiger partial charge in [-0.05, 0) is 120 Å². The second-order valence-electron chi connectivity index (χ2n) is 19.7. The first-order chi connectivity index (χ1) is 29.8. The van der Waals surface area contributed by atoms with Crippen LogP contribution in [0.15, 0.2) is 162 Å². The lowest BCUT2D eigenvalue weighted by Crippen LogP contribution is -2.54. The topological polar surface area (TPSA) is 12.5 Å². The summed E-state index contributed by atoms with van der Waals surface area (Å²) in [7, 11) is 0.879. The van der Waals surface area contributed by atoms with Crippen molar-refractivity contribution in [3.05, 3.63) is 201 Å². The summed E-state index contributed by atoms with van der Waals surface area (Å²) in [5.41, 5.74) is 19.8. The van der Waals surface area contributed by atoms with Crippen LogP contribution in [0.3, 0.4) is 0 Å². The summed E-state index contributed by atoms with van der Waals surface area (Å²) >= 11 is 0. The van der Waals surface area contributed by atoms with Crippen LogP contribution < -0.4 is 0 Å². The molecule has 0 spiro atoms. The smallest absolute Gasteiger partial charge is 0.0874 e. The van der Waals surface area contributed by atoms with Gasteiger partial charge in [0.05, 0.1) is 27.8 Å². The van der Waals surface area contributed by atoms with Gasteiger partial charge in [-0.15, -0.1) is 0 Å². The Morgan fingerprint density at radius 1 is 0.803 bits per heavy atom. The van der Waals surface area contributed by atoms with Gasteiger partial charge in [-0.25, -0.2) is 0 Å². The average molecular weight is 816 g/mol. The van der Waals surface area contributed by atoms with Gasteiger partial charge >= 0.3 is 0 Å². The van der Waals surface area contributed by atoms with Crippen LogP contribution in [0, 0.1) is 30.6 Å². The summed E-state index contributed by atoms with van der Waals surface area (Å²) in [4.78, 5) is 2.98. The molecule has 10 atom stereocenters. The minimum Gasteiger partial charge on any atom is -0.365 e. The maximum absolute atomic E-state index is 7.15. The molecule has 1 fully saturated rings. The SMILES string of the molecule is C[Si]C1C(CC(C)C)=CC2c3cc(C)ccc3C3C=C(CCC4c5ccccc5C(Cc5cccc(C6=CCCC=C6)c5)=CC4C4=C(C)C=CC5C4O[C@H]4C=CC=CC54)C3N12. The number of allylic oxidation sites excluding steroid dienone is 10. The molecule has 0 bridgehead atoms. The zero-order valence-corrected chi connectivity index (χ0v) is 37.7. The number of hydrogen-bond donors (Lipinski definition) is 0.